The monoisotopic (exact) mass is 231 g/mol. The third-order valence-electron chi connectivity index (χ3n) is 2.49. The van der Waals surface area contributed by atoms with Gasteiger partial charge in [-0.25, -0.2) is 4.79 Å². The molecule has 0 atom stereocenters. The Morgan fingerprint density at radius 2 is 1.94 bits per heavy atom. The smallest absolute Gasteiger partial charge is 0.325 e. The number of aryl methyl sites for hydroxylation is 1. The summed E-state index contributed by atoms with van der Waals surface area (Å²) in [5.74, 6) is 0. The van der Waals surface area contributed by atoms with Crippen molar-refractivity contribution in [2.45, 2.75) is 13.3 Å². The normalized spacial score (nSPS) is 10.2. The third-order valence-corrected chi connectivity index (χ3v) is 2.49. The minimum Gasteiger partial charge on any atom is -0.350 e. The Labute approximate surface area is 97.5 Å². The summed E-state index contributed by atoms with van der Waals surface area (Å²) in [6, 6.07) is 7.72. The van der Waals surface area contributed by atoms with Gasteiger partial charge in [-0.05, 0) is 18.1 Å². The molecule has 0 fully saturated rings. The Balaban J connectivity index is 2.38. The molecule has 17 heavy (non-hydrogen) atoms. The summed E-state index contributed by atoms with van der Waals surface area (Å²) >= 11 is 0. The van der Waals surface area contributed by atoms with Crippen LogP contribution in [-0.4, -0.2) is 9.97 Å². The first-order valence-corrected chi connectivity index (χ1v) is 5.37. The number of anilines is 2. The van der Waals surface area contributed by atoms with E-state index in [4.69, 9.17) is 0 Å². The van der Waals surface area contributed by atoms with Crippen molar-refractivity contribution in [2.24, 2.45) is 0 Å². The molecule has 0 aliphatic heterocycles. The molecular formula is C12H13N3O2. The fourth-order valence-corrected chi connectivity index (χ4v) is 1.60. The standard InChI is InChI=1S/C12H13N3O2/c1-2-8-5-3-4-6-9(8)14-10-7-13-12(17)15-11(10)16/h3-7,14H,2H2,1H3,(H2,13,15,16,17). The molecule has 0 spiro atoms. The summed E-state index contributed by atoms with van der Waals surface area (Å²) in [5.41, 5.74) is 1.36. The average Bonchev–Trinajstić information content (AvgIpc) is 2.33. The molecule has 88 valence electrons. The zero-order valence-corrected chi connectivity index (χ0v) is 9.41. The van der Waals surface area contributed by atoms with Crippen molar-refractivity contribution in [3.05, 3.63) is 56.9 Å². The van der Waals surface area contributed by atoms with Gasteiger partial charge in [-0.1, -0.05) is 25.1 Å². The van der Waals surface area contributed by atoms with Crippen LogP contribution >= 0.6 is 0 Å². The van der Waals surface area contributed by atoms with E-state index in [0.717, 1.165) is 17.7 Å². The lowest BCUT2D eigenvalue weighted by Gasteiger charge is -2.09. The number of rotatable bonds is 3. The highest BCUT2D eigenvalue weighted by Crippen LogP contribution is 2.18. The van der Waals surface area contributed by atoms with Crippen LogP contribution in [0.25, 0.3) is 0 Å². The van der Waals surface area contributed by atoms with Crippen molar-refractivity contribution < 1.29 is 0 Å². The Morgan fingerprint density at radius 1 is 1.18 bits per heavy atom. The van der Waals surface area contributed by atoms with Gasteiger partial charge in [0.05, 0.1) is 0 Å². The van der Waals surface area contributed by atoms with Crippen LogP contribution in [0, 0.1) is 0 Å². The van der Waals surface area contributed by atoms with Crippen LogP contribution in [0.2, 0.25) is 0 Å². The molecule has 0 unspecified atom stereocenters. The zero-order chi connectivity index (χ0) is 12.3. The Kier molecular flexibility index (Phi) is 3.09. The summed E-state index contributed by atoms with van der Waals surface area (Å²) in [6.07, 6.45) is 2.23. The second-order valence-electron chi connectivity index (χ2n) is 3.62. The molecule has 2 rings (SSSR count). The quantitative estimate of drug-likeness (QED) is 0.746. The first-order valence-electron chi connectivity index (χ1n) is 5.37. The average molecular weight is 231 g/mol. The van der Waals surface area contributed by atoms with Crippen LogP contribution in [-0.2, 0) is 6.42 Å². The number of aromatic nitrogens is 2. The molecule has 5 nitrogen and oxygen atoms in total. The van der Waals surface area contributed by atoms with Gasteiger partial charge in [-0.15, -0.1) is 0 Å². The number of nitrogens with one attached hydrogen (secondary N) is 3. The van der Waals surface area contributed by atoms with Gasteiger partial charge in [-0.3, -0.25) is 9.78 Å². The van der Waals surface area contributed by atoms with Crippen LogP contribution < -0.4 is 16.6 Å². The number of H-pyrrole nitrogens is 2. The Hall–Kier alpha value is -2.30. The summed E-state index contributed by atoms with van der Waals surface area (Å²) in [5, 5.41) is 3.01. The van der Waals surface area contributed by atoms with E-state index in [9.17, 15) is 9.59 Å². The minimum atomic E-state index is -0.510. The van der Waals surface area contributed by atoms with E-state index < -0.39 is 11.2 Å². The highest BCUT2D eigenvalue weighted by atomic mass is 16.2. The lowest BCUT2D eigenvalue weighted by atomic mass is 10.1. The molecule has 0 aliphatic rings. The van der Waals surface area contributed by atoms with E-state index in [0.29, 0.717) is 5.69 Å². The maximum atomic E-state index is 11.5. The van der Waals surface area contributed by atoms with Gasteiger partial charge in [0, 0.05) is 11.9 Å². The van der Waals surface area contributed by atoms with Gasteiger partial charge in [0.2, 0.25) is 0 Å². The SMILES string of the molecule is CCc1ccccc1Nc1c[nH]c(=O)[nH]c1=O. The second-order valence-corrected chi connectivity index (χ2v) is 3.62. The molecule has 0 saturated heterocycles. The number of benzene rings is 1. The predicted molar refractivity (Wildman–Crippen MR) is 66.8 cm³/mol. The lowest BCUT2D eigenvalue weighted by Crippen LogP contribution is -2.23. The van der Waals surface area contributed by atoms with Crippen molar-refractivity contribution in [3.63, 3.8) is 0 Å². The van der Waals surface area contributed by atoms with E-state index in [1.54, 1.807) is 0 Å². The summed E-state index contributed by atoms with van der Waals surface area (Å²) in [6.45, 7) is 2.04. The first-order chi connectivity index (χ1) is 8.20. The number of hydrogen-bond donors (Lipinski definition) is 3. The van der Waals surface area contributed by atoms with Crippen molar-refractivity contribution in [3.8, 4) is 0 Å². The van der Waals surface area contributed by atoms with Crippen molar-refractivity contribution in [2.75, 3.05) is 5.32 Å². The molecule has 1 aromatic carbocycles. The maximum Gasteiger partial charge on any atom is 0.325 e. The number of hydrogen-bond acceptors (Lipinski definition) is 3. The molecular weight excluding hydrogens is 218 g/mol. The molecule has 0 bridgehead atoms. The fraction of sp³-hybridized carbons (Fsp3) is 0.167. The maximum absolute atomic E-state index is 11.5. The molecule has 0 aliphatic carbocycles. The zero-order valence-electron chi connectivity index (χ0n) is 9.41. The van der Waals surface area contributed by atoms with E-state index in [-0.39, 0.29) is 0 Å². The molecule has 5 heteroatoms. The third kappa shape index (κ3) is 2.44. The predicted octanol–water partition coefficient (Wildman–Crippen LogP) is 1.37. The van der Waals surface area contributed by atoms with E-state index in [1.165, 1.54) is 6.20 Å². The van der Waals surface area contributed by atoms with E-state index in [1.807, 2.05) is 31.2 Å². The first kappa shape index (κ1) is 11.2. The van der Waals surface area contributed by atoms with Gasteiger partial charge >= 0.3 is 5.69 Å². The summed E-state index contributed by atoms with van der Waals surface area (Å²) in [7, 11) is 0. The van der Waals surface area contributed by atoms with Crippen LogP contribution in [0.3, 0.4) is 0 Å². The molecule has 0 radical (unpaired) electrons. The number of aromatic amines is 2. The molecule has 2 aromatic rings. The van der Waals surface area contributed by atoms with Gasteiger partial charge in [0.25, 0.3) is 5.56 Å². The molecule has 1 heterocycles. The van der Waals surface area contributed by atoms with Crippen LogP contribution in [0.15, 0.2) is 40.1 Å². The second kappa shape index (κ2) is 4.69. The van der Waals surface area contributed by atoms with Gasteiger partial charge in [0.1, 0.15) is 5.69 Å². The van der Waals surface area contributed by atoms with Gasteiger partial charge in [0.15, 0.2) is 0 Å². The summed E-state index contributed by atoms with van der Waals surface area (Å²) in [4.78, 5) is 27.0. The van der Waals surface area contributed by atoms with Crippen LogP contribution in [0.1, 0.15) is 12.5 Å². The fourth-order valence-electron chi connectivity index (χ4n) is 1.60. The van der Waals surface area contributed by atoms with Crippen molar-refractivity contribution >= 4 is 11.4 Å². The topological polar surface area (TPSA) is 77.8 Å². The van der Waals surface area contributed by atoms with E-state index in [2.05, 4.69) is 15.3 Å². The van der Waals surface area contributed by atoms with Crippen LogP contribution in [0.4, 0.5) is 11.4 Å². The molecule has 0 saturated carbocycles. The summed E-state index contributed by atoms with van der Waals surface area (Å²) < 4.78 is 0. The van der Waals surface area contributed by atoms with E-state index >= 15 is 0 Å². The largest absolute Gasteiger partial charge is 0.350 e. The number of para-hydroxylation sites is 1. The highest BCUT2D eigenvalue weighted by Gasteiger charge is 2.03. The lowest BCUT2D eigenvalue weighted by molar-refractivity contribution is 1.04. The highest BCUT2D eigenvalue weighted by molar-refractivity contribution is 5.61. The van der Waals surface area contributed by atoms with Gasteiger partial charge in [-0.2, -0.15) is 0 Å². The molecule has 3 N–H and O–H groups in total. The van der Waals surface area contributed by atoms with Gasteiger partial charge < -0.3 is 10.3 Å². The molecule has 0 amide bonds. The Morgan fingerprint density at radius 3 is 2.65 bits per heavy atom. The van der Waals surface area contributed by atoms with Crippen molar-refractivity contribution in [1.29, 1.82) is 0 Å². The van der Waals surface area contributed by atoms with Crippen LogP contribution in [0.5, 0.6) is 0 Å². The minimum absolute atomic E-state index is 0.325. The van der Waals surface area contributed by atoms with Crippen molar-refractivity contribution in [1.82, 2.24) is 9.97 Å². The Bertz CT molecular complexity index is 628. The molecule has 1 aromatic heterocycles.